The fourth-order valence-corrected chi connectivity index (χ4v) is 3.22. The summed E-state index contributed by atoms with van der Waals surface area (Å²) in [6, 6.07) is 7.26. The van der Waals surface area contributed by atoms with Gasteiger partial charge >= 0.3 is 6.18 Å². The fraction of sp³-hybridized carbons (Fsp3) is 0.444. The first-order valence-corrected chi connectivity index (χ1v) is 8.64. The van der Waals surface area contributed by atoms with Gasteiger partial charge in [0.1, 0.15) is 11.6 Å². The number of nitrogens with zero attached hydrogens (tertiary/aromatic N) is 3. The lowest BCUT2D eigenvalue weighted by atomic mass is 9.97. The van der Waals surface area contributed by atoms with Crippen LogP contribution in [0.4, 0.5) is 23.4 Å². The monoisotopic (exact) mass is 384 g/mol. The second-order valence-corrected chi connectivity index (χ2v) is 6.72. The van der Waals surface area contributed by atoms with E-state index in [1.165, 1.54) is 33.8 Å². The Morgan fingerprint density at radius 2 is 2.00 bits per heavy atom. The number of rotatable bonds is 4. The zero-order chi connectivity index (χ0) is 19.6. The topological polar surface area (TPSA) is 50.2 Å². The van der Waals surface area contributed by atoms with E-state index in [2.05, 4.69) is 10.4 Å². The first-order chi connectivity index (χ1) is 12.7. The summed E-state index contributed by atoms with van der Waals surface area (Å²) >= 11 is 0. The molecule has 1 aliphatic rings. The van der Waals surface area contributed by atoms with Gasteiger partial charge in [-0.25, -0.2) is 9.07 Å². The van der Waals surface area contributed by atoms with Crippen molar-refractivity contribution in [1.82, 2.24) is 14.7 Å². The minimum absolute atomic E-state index is 0.0954. The second-order valence-electron chi connectivity index (χ2n) is 6.72. The summed E-state index contributed by atoms with van der Waals surface area (Å²) in [7, 11) is 0. The van der Waals surface area contributed by atoms with E-state index in [0.717, 1.165) is 0 Å². The fourth-order valence-electron chi connectivity index (χ4n) is 3.22. The molecule has 1 N–H and O–H groups in total. The van der Waals surface area contributed by atoms with Gasteiger partial charge in [-0.1, -0.05) is 0 Å². The quantitative estimate of drug-likeness (QED) is 0.821. The number of piperidine rings is 1. The Labute approximate surface area is 154 Å². The Bertz CT molecular complexity index is 801. The van der Waals surface area contributed by atoms with Gasteiger partial charge in [-0.3, -0.25) is 9.69 Å². The minimum atomic E-state index is -4.24. The van der Waals surface area contributed by atoms with Gasteiger partial charge in [0.2, 0.25) is 5.91 Å². The predicted molar refractivity (Wildman–Crippen MR) is 92.1 cm³/mol. The number of hydrogen-bond acceptors (Lipinski definition) is 3. The number of aryl methyl sites for hydroxylation is 1. The van der Waals surface area contributed by atoms with Crippen molar-refractivity contribution in [3.63, 3.8) is 0 Å². The van der Waals surface area contributed by atoms with Crippen molar-refractivity contribution in [3.8, 4) is 5.69 Å². The summed E-state index contributed by atoms with van der Waals surface area (Å²) in [5.41, 5.74) is 1.21. The maximum Gasteiger partial charge on any atom is 0.393 e. The van der Waals surface area contributed by atoms with Crippen LogP contribution in [0.2, 0.25) is 0 Å². The van der Waals surface area contributed by atoms with Gasteiger partial charge in [-0.15, -0.1) is 0 Å². The van der Waals surface area contributed by atoms with Crippen LogP contribution in [-0.2, 0) is 4.79 Å². The smallest absolute Gasteiger partial charge is 0.309 e. The van der Waals surface area contributed by atoms with E-state index in [9.17, 15) is 22.4 Å². The molecule has 0 spiro atoms. The molecule has 1 saturated heterocycles. The molecule has 1 aliphatic heterocycles. The van der Waals surface area contributed by atoms with E-state index in [0.29, 0.717) is 30.2 Å². The summed E-state index contributed by atoms with van der Waals surface area (Å²) in [6.07, 6.45) is -3.74. The molecule has 0 saturated carbocycles. The first-order valence-electron chi connectivity index (χ1n) is 8.64. The van der Waals surface area contributed by atoms with Gasteiger partial charge in [0.15, 0.2) is 0 Å². The Hall–Kier alpha value is -2.42. The molecule has 9 heteroatoms. The van der Waals surface area contributed by atoms with E-state index in [4.69, 9.17) is 0 Å². The van der Waals surface area contributed by atoms with Gasteiger partial charge in [0, 0.05) is 12.6 Å². The lowest BCUT2D eigenvalue weighted by Crippen LogP contribution is -2.44. The molecule has 2 aromatic rings. The zero-order valence-corrected chi connectivity index (χ0v) is 14.8. The number of alkyl halides is 3. The standard InChI is InChI=1S/C18H20F4N4O/c1-12-9-16(26(24-12)15-6-4-14(19)5-7-15)23-17(27)11-25-8-2-3-13(10-25)18(20,21)22/h4-7,9,13H,2-3,8,10-11H2,1H3,(H,23,27)/t13-/m0/s1. The number of anilines is 1. The lowest BCUT2D eigenvalue weighted by molar-refractivity contribution is -0.186. The van der Waals surface area contributed by atoms with Crippen LogP contribution in [0.3, 0.4) is 0 Å². The van der Waals surface area contributed by atoms with Crippen LogP contribution in [0.5, 0.6) is 0 Å². The summed E-state index contributed by atoms with van der Waals surface area (Å²) < 4.78 is 53.3. The van der Waals surface area contributed by atoms with Crippen molar-refractivity contribution in [2.24, 2.45) is 5.92 Å². The highest BCUT2D eigenvalue weighted by molar-refractivity contribution is 5.91. The average molecular weight is 384 g/mol. The lowest BCUT2D eigenvalue weighted by Gasteiger charge is -2.33. The Kier molecular flexibility index (Phi) is 5.50. The highest BCUT2D eigenvalue weighted by atomic mass is 19.4. The molecule has 0 bridgehead atoms. The van der Waals surface area contributed by atoms with Crippen LogP contribution in [0, 0.1) is 18.7 Å². The SMILES string of the molecule is Cc1cc(NC(=O)CN2CCC[C@H](C(F)(F)F)C2)n(-c2ccc(F)cc2)n1. The summed E-state index contributed by atoms with van der Waals surface area (Å²) in [5.74, 6) is -1.82. The Morgan fingerprint density at radius 1 is 1.30 bits per heavy atom. The average Bonchev–Trinajstić information content (AvgIpc) is 2.95. The molecule has 0 unspecified atom stereocenters. The van der Waals surface area contributed by atoms with E-state index in [1.54, 1.807) is 13.0 Å². The van der Waals surface area contributed by atoms with Crippen molar-refractivity contribution in [1.29, 1.82) is 0 Å². The van der Waals surface area contributed by atoms with Crippen LogP contribution in [0.25, 0.3) is 5.69 Å². The number of benzene rings is 1. The van der Waals surface area contributed by atoms with Gasteiger partial charge < -0.3 is 5.32 Å². The molecule has 2 heterocycles. The van der Waals surface area contributed by atoms with Gasteiger partial charge in [-0.05, 0) is 50.6 Å². The molecule has 5 nitrogen and oxygen atoms in total. The number of nitrogens with one attached hydrogen (secondary N) is 1. The molecule has 0 radical (unpaired) electrons. The number of halogens is 4. The van der Waals surface area contributed by atoms with Crippen LogP contribution in [0.1, 0.15) is 18.5 Å². The van der Waals surface area contributed by atoms with Crippen molar-refractivity contribution >= 4 is 11.7 Å². The van der Waals surface area contributed by atoms with E-state index < -0.39 is 23.8 Å². The van der Waals surface area contributed by atoms with E-state index >= 15 is 0 Å². The zero-order valence-electron chi connectivity index (χ0n) is 14.8. The molecule has 1 atom stereocenters. The summed E-state index contributed by atoms with van der Waals surface area (Å²) in [4.78, 5) is 13.9. The van der Waals surface area contributed by atoms with E-state index in [-0.39, 0.29) is 19.5 Å². The third kappa shape index (κ3) is 4.85. The molecule has 1 fully saturated rings. The van der Waals surface area contributed by atoms with Crippen molar-refractivity contribution in [2.45, 2.75) is 25.9 Å². The molecule has 1 aromatic heterocycles. The van der Waals surface area contributed by atoms with Gasteiger partial charge in [0.05, 0.1) is 23.8 Å². The molecule has 1 amide bonds. The summed E-state index contributed by atoms with van der Waals surface area (Å²) in [6.45, 7) is 1.90. The second kappa shape index (κ2) is 7.67. The number of likely N-dealkylation sites (tertiary alicyclic amines) is 1. The van der Waals surface area contributed by atoms with Gasteiger partial charge in [0.25, 0.3) is 0 Å². The van der Waals surface area contributed by atoms with Crippen LogP contribution in [0.15, 0.2) is 30.3 Å². The molecule has 146 valence electrons. The van der Waals surface area contributed by atoms with Crippen LogP contribution < -0.4 is 5.32 Å². The molecule has 27 heavy (non-hydrogen) atoms. The third-order valence-electron chi connectivity index (χ3n) is 4.51. The number of carbonyl (C=O) groups is 1. The molecule has 1 aromatic carbocycles. The number of aromatic nitrogens is 2. The first kappa shape index (κ1) is 19.3. The maximum absolute atomic E-state index is 13.1. The molecule has 0 aliphatic carbocycles. The Balaban J connectivity index is 1.67. The molecular weight excluding hydrogens is 364 g/mol. The highest BCUT2D eigenvalue weighted by Crippen LogP contribution is 2.33. The largest absolute Gasteiger partial charge is 0.393 e. The minimum Gasteiger partial charge on any atom is -0.309 e. The van der Waals surface area contributed by atoms with Crippen molar-refractivity contribution < 1.29 is 22.4 Å². The number of amides is 1. The van der Waals surface area contributed by atoms with Crippen LogP contribution >= 0.6 is 0 Å². The predicted octanol–water partition coefficient (Wildman–Crippen LogP) is 3.53. The van der Waals surface area contributed by atoms with Gasteiger partial charge in [-0.2, -0.15) is 18.3 Å². The Morgan fingerprint density at radius 3 is 2.67 bits per heavy atom. The molecular formula is C18H20F4N4O. The van der Waals surface area contributed by atoms with E-state index in [1.807, 2.05) is 0 Å². The number of hydrogen-bond donors (Lipinski definition) is 1. The maximum atomic E-state index is 13.1. The van der Waals surface area contributed by atoms with Crippen molar-refractivity contribution in [2.75, 3.05) is 25.0 Å². The highest BCUT2D eigenvalue weighted by Gasteiger charge is 2.41. The normalized spacial score (nSPS) is 18.5. The van der Waals surface area contributed by atoms with Crippen molar-refractivity contribution in [3.05, 3.63) is 41.8 Å². The summed E-state index contributed by atoms with van der Waals surface area (Å²) in [5, 5.41) is 6.96. The molecule has 3 rings (SSSR count). The van der Waals surface area contributed by atoms with Crippen LogP contribution in [-0.4, -0.2) is 46.4 Å². The number of carbonyl (C=O) groups excluding carboxylic acids is 1. The third-order valence-corrected chi connectivity index (χ3v) is 4.51.